The molecule has 1 unspecified atom stereocenters. The standard InChI is InChI=1S/C7H9F3N2O2/c1-3-12-4(13)6(2,7(8,9)10)11-5(12)14/h3H2,1-2H3,(H,11,14). The van der Waals surface area contributed by atoms with Gasteiger partial charge in [-0.1, -0.05) is 0 Å². The molecule has 0 bridgehead atoms. The van der Waals surface area contributed by atoms with Crippen molar-refractivity contribution in [3.8, 4) is 0 Å². The van der Waals surface area contributed by atoms with Crippen molar-refractivity contribution in [3.63, 3.8) is 0 Å². The summed E-state index contributed by atoms with van der Waals surface area (Å²) in [5.41, 5.74) is -2.78. The van der Waals surface area contributed by atoms with E-state index in [1.54, 1.807) is 5.32 Å². The molecule has 1 rings (SSSR count). The van der Waals surface area contributed by atoms with E-state index in [4.69, 9.17) is 0 Å². The van der Waals surface area contributed by atoms with Crippen LogP contribution in [0, 0.1) is 0 Å². The molecule has 0 radical (unpaired) electrons. The molecule has 1 heterocycles. The number of halogens is 3. The van der Waals surface area contributed by atoms with Gasteiger partial charge in [0.05, 0.1) is 0 Å². The molecule has 1 saturated heterocycles. The lowest BCUT2D eigenvalue weighted by Gasteiger charge is -2.24. The van der Waals surface area contributed by atoms with E-state index in [0.29, 0.717) is 11.8 Å². The summed E-state index contributed by atoms with van der Waals surface area (Å²) in [7, 11) is 0. The highest BCUT2D eigenvalue weighted by atomic mass is 19.4. The summed E-state index contributed by atoms with van der Waals surface area (Å²) in [6.07, 6.45) is -4.77. The zero-order valence-electron chi connectivity index (χ0n) is 7.60. The Hall–Kier alpha value is -1.27. The van der Waals surface area contributed by atoms with Gasteiger partial charge in [0.1, 0.15) is 0 Å². The van der Waals surface area contributed by atoms with E-state index >= 15 is 0 Å². The van der Waals surface area contributed by atoms with Crippen molar-refractivity contribution in [2.45, 2.75) is 25.6 Å². The Morgan fingerprint density at radius 2 is 1.93 bits per heavy atom. The second kappa shape index (κ2) is 2.86. The highest BCUT2D eigenvalue weighted by Crippen LogP contribution is 2.34. The van der Waals surface area contributed by atoms with Gasteiger partial charge >= 0.3 is 12.2 Å². The van der Waals surface area contributed by atoms with Crippen molar-refractivity contribution in [1.29, 1.82) is 0 Å². The van der Waals surface area contributed by atoms with Gasteiger partial charge in [-0.15, -0.1) is 0 Å². The Bertz CT molecular complexity index is 289. The first-order chi connectivity index (χ1) is 6.24. The van der Waals surface area contributed by atoms with Crippen molar-refractivity contribution in [1.82, 2.24) is 10.2 Å². The van der Waals surface area contributed by atoms with Crippen molar-refractivity contribution in [3.05, 3.63) is 0 Å². The second-order valence-corrected chi connectivity index (χ2v) is 3.10. The zero-order valence-corrected chi connectivity index (χ0v) is 7.60. The zero-order chi connectivity index (χ0) is 11.1. The maximum absolute atomic E-state index is 12.4. The SMILES string of the molecule is CCN1C(=O)NC(C)(C(F)(F)F)C1=O. The van der Waals surface area contributed by atoms with Crippen molar-refractivity contribution in [2.24, 2.45) is 0 Å². The van der Waals surface area contributed by atoms with Gasteiger partial charge in [-0.05, 0) is 13.8 Å². The first kappa shape index (κ1) is 10.8. The summed E-state index contributed by atoms with van der Waals surface area (Å²) in [5.74, 6) is -1.25. The molecule has 0 spiro atoms. The minimum Gasteiger partial charge on any atom is -0.316 e. The minimum absolute atomic E-state index is 0.0731. The predicted octanol–water partition coefficient (Wildman–Crippen LogP) is 0.879. The third-order valence-electron chi connectivity index (χ3n) is 2.16. The number of imide groups is 1. The molecule has 0 aliphatic carbocycles. The number of likely N-dealkylation sites (N-methyl/N-ethyl adjacent to an activating group) is 1. The summed E-state index contributed by atoms with van der Waals surface area (Å²) in [4.78, 5) is 22.7. The molecule has 0 saturated carbocycles. The number of amides is 3. The summed E-state index contributed by atoms with van der Waals surface area (Å²) in [6, 6.07) is -1.00. The molecule has 1 aliphatic rings. The summed E-state index contributed by atoms with van der Waals surface area (Å²) >= 11 is 0. The number of nitrogens with one attached hydrogen (secondary N) is 1. The van der Waals surface area contributed by atoms with Crippen molar-refractivity contribution in [2.75, 3.05) is 6.54 Å². The molecular weight excluding hydrogens is 201 g/mol. The lowest BCUT2D eigenvalue weighted by atomic mass is 10.0. The predicted molar refractivity (Wildman–Crippen MR) is 40.4 cm³/mol. The van der Waals surface area contributed by atoms with E-state index in [2.05, 4.69) is 0 Å². The molecule has 0 aromatic rings. The summed E-state index contributed by atoms with van der Waals surface area (Å²) < 4.78 is 37.2. The monoisotopic (exact) mass is 210 g/mol. The molecule has 0 aromatic carbocycles. The smallest absolute Gasteiger partial charge is 0.316 e. The molecule has 14 heavy (non-hydrogen) atoms. The van der Waals surface area contributed by atoms with Crippen LogP contribution in [-0.2, 0) is 4.79 Å². The van der Waals surface area contributed by atoms with Crippen LogP contribution in [0.3, 0.4) is 0 Å². The van der Waals surface area contributed by atoms with Gasteiger partial charge < -0.3 is 5.32 Å². The normalized spacial score (nSPS) is 28.2. The summed E-state index contributed by atoms with van der Waals surface area (Å²) in [5, 5.41) is 1.63. The third-order valence-corrected chi connectivity index (χ3v) is 2.16. The number of carbonyl (C=O) groups excluding carboxylic acids is 2. The first-order valence-electron chi connectivity index (χ1n) is 3.95. The van der Waals surface area contributed by atoms with Gasteiger partial charge in [-0.2, -0.15) is 13.2 Å². The molecule has 1 N–H and O–H groups in total. The van der Waals surface area contributed by atoms with Crippen molar-refractivity contribution >= 4 is 11.9 Å². The molecule has 1 fully saturated rings. The largest absolute Gasteiger partial charge is 0.420 e. The van der Waals surface area contributed by atoms with Crippen LogP contribution in [0.25, 0.3) is 0 Å². The van der Waals surface area contributed by atoms with Gasteiger partial charge in [-0.25, -0.2) is 4.79 Å². The number of nitrogens with zero attached hydrogens (tertiary/aromatic N) is 1. The maximum atomic E-state index is 12.4. The molecule has 1 atom stereocenters. The Morgan fingerprint density at radius 3 is 2.14 bits per heavy atom. The molecule has 1 aliphatic heterocycles. The van der Waals surface area contributed by atoms with Crippen LogP contribution in [0.1, 0.15) is 13.8 Å². The number of alkyl halides is 3. The van der Waals surface area contributed by atoms with Crippen LogP contribution in [0.2, 0.25) is 0 Å². The molecule has 7 heteroatoms. The number of hydrogen-bond acceptors (Lipinski definition) is 2. The average molecular weight is 210 g/mol. The number of carbonyl (C=O) groups is 2. The molecule has 4 nitrogen and oxygen atoms in total. The lowest BCUT2D eigenvalue weighted by Crippen LogP contribution is -2.56. The van der Waals surface area contributed by atoms with Crippen molar-refractivity contribution < 1.29 is 22.8 Å². The number of hydrogen-bond donors (Lipinski definition) is 1. The van der Waals surface area contributed by atoms with E-state index in [-0.39, 0.29) is 6.54 Å². The van der Waals surface area contributed by atoms with Crippen LogP contribution in [0.4, 0.5) is 18.0 Å². The maximum Gasteiger partial charge on any atom is 0.420 e. The average Bonchev–Trinajstić information content (AvgIpc) is 2.23. The highest BCUT2D eigenvalue weighted by Gasteiger charge is 2.63. The molecule has 3 amide bonds. The Kier molecular flexibility index (Phi) is 2.21. The fourth-order valence-corrected chi connectivity index (χ4v) is 1.18. The molecule has 0 aromatic heterocycles. The van der Waals surface area contributed by atoms with E-state index in [0.717, 1.165) is 0 Å². The van der Waals surface area contributed by atoms with Crippen LogP contribution >= 0.6 is 0 Å². The third kappa shape index (κ3) is 1.23. The van der Waals surface area contributed by atoms with E-state index in [9.17, 15) is 22.8 Å². The van der Waals surface area contributed by atoms with Gasteiger partial charge in [0.15, 0.2) is 0 Å². The van der Waals surface area contributed by atoms with Crippen LogP contribution < -0.4 is 5.32 Å². The number of urea groups is 1. The Labute approximate surface area is 78.1 Å². The topological polar surface area (TPSA) is 49.4 Å². The second-order valence-electron chi connectivity index (χ2n) is 3.10. The Morgan fingerprint density at radius 1 is 1.43 bits per heavy atom. The van der Waals surface area contributed by atoms with E-state index < -0.39 is 23.7 Å². The van der Waals surface area contributed by atoms with Gasteiger partial charge in [0.25, 0.3) is 5.91 Å². The van der Waals surface area contributed by atoms with Crippen LogP contribution in [-0.4, -0.2) is 35.1 Å². The van der Waals surface area contributed by atoms with Crippen LogP contribution in [0.15, 0.2) is 0 Å². The number of rotatable bonds is 1. The van der Waals surface area contributed by atoms with Gasteiger partial charge in [0, 0.05) is 6.54 Å². The van der Waals surface area contributed by atoms with Crippen LogP contribution in [0.5, 0.6) is 0 Å². The minimum atomic E-state index is -4.77. The molecular formula is C7H9F3N2O2. The highest BCUT2D eigenvalue weighted by molar-refractivity contribution is 6.07. The van der Waals surface area contributed by atoms with Gasteiger partial charge in [0.2, 0.25) is 5.54 Å². The fourth-order valence-electron chi connectivity index (χ4n) is 1.18. The first-order valence-corrected chi connectivity index (χ1v) is 3.95. The van der Waals surface area contributed by atoms with E-state index in [1.165, 1.54) is 6.92 Å². The van der Waals surface area contributed by atoms with E-state index in [1.807, 2.05) is 0 Å². The molecule has 80 valence electrons. The summed E-state index contributed by atoms with van der Waals surface area (Å²) in [6.45, 7) is 2.01. The quantitative estimate of drug-likeness (QED) is 0.653. The fraction of sp³-hybridized carbons (Fsp3) is 0.714. The Balaban J connectivity index is 3.07. The lowest BCUT2D eigenvalue weighted by molar-refractivity contribution is -0.190. The van der Waals surface area contributed by atoms with Gasteiger partial charge in [-0.3, -0.25) is 9.69 Å².